The summed E-state index contributed by atoms with van der Waals surface area (Å²) < 4.78 is 36.6. The Bertz CT molecular complexity index is 1580. The van der Waals surface area contributed by atoms with Gasteiger partial charge in [0.25, 0.3) is 0 Å². The van der Waals surface area contributed by atoms with Crippen molar-refractivity contribution in [2.24, 2.45) is 0 Å². The van der Waals surface area contributed by atoms with Gasteiger partial charge in [0.2, 0.25) is 0 Å². The number of para-hydroxylation sites is 1. The monoisotopic (exact) mass is 498 g/mol. The molecule has 0 amide bonds. The molecular weight excluding hydrogens is 474 g/mol. The quantitative estimate of drug-likeness (QED) is 0.304. The maximum atomic E-state index is 14.9. The Hall–Kier alpha value is -4.40. The third-order valence-corrected chi connectivity index (χ3v) is 6.48. The van der Waals surface area contributed by atoms with E-state index in [1.54, 1.807) is 24.0 Å². The van der Waals surface area contributed by atoms with E-state index in [2.05, 4.69) is 10.3 Å². The minimum atomic E-state index is -0.679. The lowest BCUT2D eigenvalue weighted by Crippen LogP contribution is -2.08. The number of aryl methyl sites for hydroxylation is 1. The van der Waals surface area contributed by atoms with Gasteiger partial charge >= 0.3 is 0 Å². The fraction of sp³-hybridized carbons (Fsp3) is 0.214. The summed E-state index contributed by atoms with van der Waals surface area (Å²) in [5.41, 5.74) is 4.18. The third-order valence-electron chi connectivity index (χ3n) is 6.48. The molecular formula is C28H24F2N6O. The summed E-state index contributed by atoms with van der Waals surface area (Å²) in [4.78, 5) is 13.8. The highest BCUT2D eigenvalue weighted by Gasteiger charge is 2.23. The second-order valence-electron chi connectivity index (χ2n) is 8.86. The fourth-order valence-electron chi connectivity index (χ4n) is 4.76. The summed E-state index contributed by atoms with van der Waals surface area (Å²) in [6, 6.07) is 13.7. The molecule has 5 aromatic rings. The first-order chi connectivity index (χ1) is 18.1. The van der Waals surface area contributed by atoms with Gasteiger partial charge in [-0.2, -0.15) is 5.10 Å². The van der Waals surface area contributed by atoms with Crippen molar-refractivity contribution in [1.29, 1.82) is 0 Å². The second kappa shape index (κ2) is 9.57. The molecule has 0 fully saturated rings. The van der Waals surface area contributed by atoms with E-state index < -0.39 is 11.6 Å². The van der Waals surface area contributed by atoms with Crippen LogP contribution >= 0.6 is 0 Å². The van der Waals surface area contributed by atoms with E-state index in [-0.39, 0.29) is 17.9 Å². The standard InChI is InChI=1S/C28H24F2N6O/c1-2-37-18-14-22(29)21(23(30)15-18)16-36-25-9-4-3-6-20(25)26(35-36)28-33-24-8-5-7-19(24)27(34-28)32-17-10-12-31-13-11-17/h3-4,6,9-15H,2,5,7-8,16H2,1H3,(H,31,32,33,34). The number of hydrogen-bond donors (Lipinski definition) is 1. The summed E-state index contributed by atoms with van der Waals surface area (Å²) >= 11 is 0. The summed E-state index contributed by atoms with van der Waals surface area (Å²) in [6.45, 7) is 2.00. The van der Waals surface area contributed by atoms with E-state index >= 15 is 0 Å². The van der Waals surface area contributed by atoms with Gasteiger partial charge in [0.05, 0.1) is 18.7 Å². The van der Waals surface area contributed by atoms with Crippen molar-refractivity contribution >= 4 is 22.4 Å². The Balaban J connectivity index is 1.44. The average Bonchev–Trinajstić information content (AvgIpc) is 3.52. The van der Waals surface area contributed by atoms with E-state index in [1.165, 1.54) is 12.1 Å². The highest BCUT2D eigenvalue weighted by Crippen LogP contribution is 2.33. The summed E-state index contributed by atoms with van der Waals surface area (Å²) in [6.07, 6.45) is 6.20. The minimum absolute atomic E-state index is 0.0850. The average molecular weight is 499 g/mol. The lowest BCUT2D eigenvalue weighted by atomic mass is 10.1. The van der Waals surface area contributed by atoms with Gasteiger partial charge in [-0.05, 0) is 44.4 Å². The van der Waals surface area contributed by atoms with Crippen LogP contribution in [-0.4, -0.2) is 31.3 Å². The van der Waals surface area contributed by atoms with Crippen LogP contribution < -0.4 is 10.1 Å². The fourth-order valence-corrected chi connectivity index (χ4v) is 4.76. The number of halogens is 2. The number of pyridine rings is 1. The zero-order valence-corrected chi connectivity index (χ0v) is 20.2. The van der Waals surface area contributed by atoms with Crippen LogP contribution in [0.1, 0.15) is 30.2 Å². The lowest BCUT2D eigenvalue weighted by molar-refractivity contribution is 0.335. The molecule has 37 heavy (non-hydrogen) atoms. The van der Waals surface area contributed by atoms with E-state index in [9.17, 15) is 8.78 Å². The second-order valence-corrected chi connectivity index (χ2v) is 8.86. The predicted octanol–water partition coefficient (Wildman–Crippen LogP) is 5.85. The van der Waals surface area contributed by atoms with E-state index in [1.807, 2.05) is 36.4 Å². The van der Waals surface area contributed by atoms with Crippen molar-refractivity contribution in [1.82, 2.24) is 24.7 Å². The molecule has 6 rings (SSSR count). The smallest absolute Gasteiger partial charge is 0.182 e. The molecule has 0 saturated heterocycles. The molecule has 1 N–H and O–H groups in total. The third kappa shape index (κ3) is 4.37. The van der Waals surface area contributed by atoms with Crippen molar-refractivity contribution in [2.45, 2.75) is 32.7 Å². The first kappa shape index (κ1) is 23.0. The minimum Gasteiger partial charge on any atom is -0.494 e. The highest BCUT2D eigenvalue weighted by atomic mass is 19.1. The number of benzene rings is 2. The van der Waals surface area contributed by atoms with Crippen LogP contribution in [0.5, 0.6) is 5.75 Å². The van der Waals surface area contributed by atoms with Crippen LogP contribution in [-0.2, 0) is 19.4 Å². The van der Waals surface area contributed by atoms with Crippen LogP contribution in [0.15, 0.2) is 60.9 Å². The lowest BCUT2D eigenvalue weighted by Gasteiger charge is -2.11. The SMILES string of the molecule is CCOc1cc(F)c(Cn2nc(-c3nc4c(c(Nc5ccncc5)n3)CCC4)c3ccccc32)c(F)c1. The van der Waals surface area contributed by atoms with Gasteiger partial charge in [-0.25, -0.2) is 18.7 Å². The van der Waals surface area contributed by atoms with Crippen LogP contribution in [0.25, 0.3) is 22.4 Å². The van der Waals surface area contributed by atoms with Gasteiger partial charge in [0.15, 0.2) is 5.82 Å². The van der Waals surface area contributed by atoms with Crippen LogP contribution in [0, 0.1) is 11.6 Å². The van der Waals surface area contributed by atoms with Gasteiger partial charge in [0, 0.05) is 52.4 Å². The molecule has 0 saturated carbocycles. The topological polar surface area (TPSA) is 77.8 Å². The Kier molecular flexibility index (Phi) is 5.96. The van der Waals surface area contributed by atoms with E-state index in [0.717, 1.165) is 52.9 Å². The Morgan fingerprint density at radius 3 is 2.57 bits per heavy atom. The Labute approximate surface area is 212 Å². The molecule has 0 radical (unpaired) electrons. The Morgan fingerprint density at radius 2 is 1.78 bits per heavy atom. The zero-order chi connectivity index (χ0) is 25.4. The normalized spacial score (nSPS) is 12.6. The van der Waals surface area contributed by atoms with Crippen molar-refractivity contribution in [3.8, 4) is 17.3 Å². The zero-order valence-electron chi connectivity index (χ0n) is 20.2. The van der Waals surface area contributed by atoms with Gasteiger partial charge in [-0.1, -0.05) is 18.2 Å². The van der Waals surface area contributed by atoms with Gasteiger partial charge in [-0.3, -0.25) is 9.67 Å². The number of rotatable bonds is 7. The number of hydrogen-bond acceptors (Lipinski definition) is 6. The number of aromatic nitrogens is 5. The van der Waals surface area contributed by atoms with Crippen LogP contribution in [0.4, 0.5) is 20.3 Å². The molecule has 0 spiro atoms. The molecule has 0 bridgehead atoms. The van der Waals surface area contributed by atoms with E-state index in [0.29, 0.717) is 18.1 Å². The van der Waals surface area contributed by atoms with Gasteiger partial charge in [-0.15, -0.1) is 0 Å². The van der Waals surface area contributed by atoms with Crippen molar-refractivity contribution in [3.05, 3.63) is 89.4 Å². The van der Waals surface area contributed by atoms with Gasteiger partial charge < -0.3 is 10.1 Å². The van der Waals surface area contributed by atoms with Crippen LogP contribution in [0.2, 0.25) is 0 Å². The predicted molar refractivity (Wildman–Crippen MR) is 137 cm³/mol. The highest BCUT2D eigenvalue weighted by molar-refractivity contribution is 5.92. The van der Waals surface area contributed by atoms with Crippen molar-refractivity contribution in [3.63, 3.8) is 0 Å². The molecule has 0 aliphatic heterocycles. The van der Waals surface area contributed by atoms with Crippen molar-refractivity contribution in [2.75, 3.05) is 11.9 Å². The number of anilines is 2. The van der Waals surface area contributed by atoms with E-state index in [4.69, 9.17) is 19.8 Å². The molecule has 3 heterocycles. The molecule has 2 aromatic carbocycles. The molecule has 9 heteroatoms. The van der Waals surface area contributed by atoms with Gasteiger partial charge in [0.1, 0.15) is 28.9 Å². The first-order valence-corrected chi connectivity index (χ1v) is 12.2. The maximum Gasteiger partial charge on any atom is 0.182 e. The molecule has 1 aliphatic carbocycles. The molecule has 7 nitrogen and oxygen atoms in total. The molecule has 1 aliphatic rings. The number of nitrogens with one attached hydrogen (secondary N) is 1. The number of ether oxygens (including phenoxy) is 1. The molecule has 186 valence electrons. The molecule has 0 unspecified atom stereocenters. The van der Waals surface area contributed by atoms with Crippen LogP contribution in [0.3, 0.4) is 0 Å². The Morgan fingerprint density at radius 1 is 1.00 bits per heavy atom. The molecule has 3 aromatic heterocycles. The number of fused-ring (bicyclic) bond motifs is 2. The maximum absolute atomic E-state index is 14.9. The first-order valence-electron chi connectivity index (χ1n) is 12.2. The number of nitrogens with zero attached hydrogens (tertiary/aromatic N) is 5. The molecule has 0 atom stereocenters. The van der Waals surface area contributed by atoms with Crippen molar-refractivity contribution < 1.29 is 13.5 Å². The summed E-state index contributed by atoms with van der Waals surface area (Å²) in [5, 5.41) is 8.97. The largest absolute Gasteiger partial charge is 0.494 e. The summed E-state index contributed by atoms with van der Waals surface area (Å²) in [5.74, 6) is 0.0168. The summed E-state index contributed by atoms with van der Waals surface area (Å²) in [7, 11) is 0.